The van der Waals surface area contributed by atoms with Gasteiger partial charge in [-0.15, -0.1) is 0 Å². The molecule has 1 aromatic rings. The lowest BCUT2D eigenvalue weighted by Crippen LogP contribution is -2.05. The summed E-state index contributed by atoms with van der Waals surface area (Å²) in [5.41, 5.74) is 7.36. The minimum Gasteiger partial charge on any atom is -0.478 e. The smallest absolute Gasteiger partial charge is 0.335 e. The van der Waals surface area contributed by atoms with Gasteiger partial charge in [-0.25, -0.2) is 4.79 Å². The predicted octanol–water partition coefficient (Wildman–Crippen LogP) is 1.02. The number of aromatic carboxylic acids is 1. The van der Waals surface area contributed by atoms with Gasteiger partial charge in [0, 0.05) is 6.54 Å². The van der Waals surface area contributed by atoms with Crippen LogP contribution in [-0.2, 0) is 6.54 Å². The molecule has 3 N–H and O–H groups in total. The van der Waals surface area contributed by atoms with Crippen LogP contribution in [0.3, 0.4) is 0 Å². The van der Waals surface area contributed by atoms with E-state index in [1.165, 1.54) is 12.1 Å². The third-order valence-corrected chi connectivity index (χ3v) is 2.10. The van der Waals surface area contributed by atoms with Crippen LogP contribution in [0.4, 0.5) is 0 Å². The van der Waals surface area contributed by atoms with Gasteiger partial charge in [0.25, 0.3) is 0 Å². The van der Waals surface area contributed by atoms with Gasteiger partial charge in [0.05, 0.1) is 17.2 Å². The van der Waals surface area contributed by atoms with E-state index in [0.717, 1.165) is 5.56 Å². The molecule has 0 atom stereocenters. The van der Waals surface area contributed by atoms with Gasteiger partial charge in [-0.3, -0.25) is 0 Å². The molecule has 0 fully saturated rings. The predicted molar refractivity (Wildman–Crippen MR) is 50.7 cm³/mol. The molecule has 0 aliphatic rings. The molecule has 0 unspecified atom stereocenters. The van der Waals surface area contributed by atoms with Gasteiger partial charge < -0.3 is 10.8 Å². The van der Waals surface area contributed by atoms with E-state index >= 15 is 0 Å². The molecule has 0 aromatic heterocycles. The molecule has 0 amide bonds. The Kier molecular flexibility index (Phi) is 2.85. The summed E-state index contributed by atoms with van der Waals surface area (Å²) in [7, 11) is 0. The second-order valence-electron chi connectivity index (χ2n) is 2.93. The Morgan fingerprint density at radius 2 is 2.29 bits per heavy atom. The van der Waals surface area contributed by atoms with Crippen molar-refractivity contribution < 1.29 is 9.90 Å². The highest BCUT2D eigenvalue weighted by Gasteiger charge is 2.09. The molecular weight excluding hydrogens is 180 g/mol. The van der Waals surface area contributed by atoms with Gasteiger partial charge in [0.1, 0.15) is 0 Å². The molecule has 0 aliphatic carbocycles. The normalized spacial score (nSPS) is 9.50. The standard InChI is InChI=1S/C10H10N2O2/c1-6-8(4-11)2-7(10(13)14)3-9(6)5-12/h2-3H,4,11H2,1H3,(H,13,14). The summed E-state index contributed by atoms with van der Waals surface area (Å²) in [5.74, 6) is -1.05. The lowest BCUT2D eigenvalue weighted by Gasteiger charge is -2.06. The van der Waals surface area contributed by atoms with Crippen LogP contribution in [0.5, 0.6) is 0 Å². The second kappa shape index (κ2) is 3.90. The van der Waals surface area contributed by atoms with Crippen molar-refractivity contribution in [2.45, 2.75) is 13.5 Å². The van der Waals surface area contributed by atoms with Gasteiger partial charge in [0.15, 0.2) is 0 Å². The van der Waals surface area contributed by atoms with Crippen molar-refractivity contribution in [3.63, 3.8) is 0 Å². The number of benzene rings is 1. The van der Waals surface area contributed by atoms with E-state index in [1.54, 1.807) is 6.92 Å². The Morgan fingerprint density at radius 1 is 1.64 bits per heavy atom. The van der Waals surface area contributed by atoms with Gasteiger partial charge >= 0.3 is 5.97 Å². The fourth-order valence-corrected chi connectivity index (χ4v) is 1.23. The first kappa shape index (κ1) is 10.2. The Labute approximate surface area is 81.6 Å². The zero-order valence-electron chi connectivity index (χ0n) is 7.74. The van der Waals surface area contributed by atoms with Crippen LogP contribution in [0.2, 0.25) is 0 Å². The SMILES string of the molecule is Cc1c(C#N)cc(C(=O)O)cc1CN. The fourth-order valence-electron chi connectivity index (χ4n) is 1.23. The number of rotatable bonds is 2. The zero-order valence-corrected chi connectivity index (χ0v) is 7.74. The van der Waals surface area contributed by atoms with E-state index in [0.29, 0.717) is 11.1 Å². The van der Waals surface area contributed by atoms with Crippen LogP contribution in [0, 0.1) is 18.3 Å². The second-order valence-corrected chi connectivity index (χ2v) is 2.93. The summed E-state index contributed by atoms with van der Waals surface area (Å²) in [4.78, 5) is 10.7. The first-order chi connectivity index (χ1) is 6.60. The van der Waals surface area contributed by atoms with Crippen molar-refractivity contribution in [1.82, 2.24) is 0 Å². The van der Waals surface area contributed by atoms with Gasteiger partial charge in [-0.2, -0.15) is 5.26 Å². The molecule has 0 heterocycles. The highest BCUT2D eigenvalue weighted by atomic mass is 16.4. The first-order valence-electron chi connectivity index (χ1n) is 4.07. The topological polar surface area (TPSA) is 87.1 Å². The van der Waals surface area contributed by atoms with Crippen molar-refractivity contribution in [1.29, 1.82) is 5.26 Å². The van der Waals surface area contributed by atoms with Crippen LogP contribution in [0.1, 0.15) is 27.0 Å². The van der Waals surface area contributed by atoms with Gasteiger partial charge in [0.2, 0.25) is 0 Å². The Bertz CT molecular complexity index is 419. The Hall–Kier alpha value is -1.86. The lowest BCUT2D eigenvalue weighted by atomic mass is 9.99. The molecule has 1 rings (SSSR count). The maximum absolute atomic E-state index is 10.7. The molecule has 0 bridgehead atoms. The molecule has 72 valence electrons. The van der Waals surface area contributed by atoms with Crippen molar-refractivity contribution in [2.75, 3.05) is 0 Å². The largest absolute Gasteiger partial charge is 0.478 e. The summed E-state index contributed by atoms with van der Waals surface area (Å²) >= 11 is 0. The minimum atomic E-state index is -1.05. The Balaban J connectivity index is 3.41. The fraction of sp³-hybridized carbons (Fsp3) is 0.200. The quantitative estimate of drug-likeness (QED) is 0.728. The van der Waals surface area contributed by atoms with Crippen molar-refractivity contribution in [3.05, 3.63) is 34.4 Å². The maximum atomic E-state index is 10.7. The van der Waals surface area contributed by atoms with Gasteiger partial charge in [-0.1, -0.05) is 0 Å². The number of carboxylic acid groups (broad SMARTS) is 1. The van der Waals surface area contributed by atoms with E-state index in [1.807, 2.05) is 6.07 Å². The molecule has 0 radical (unpaired) electrons. The van der Waals surface area contributed by atoms with E-state index < -0.39 is 5.97 Å². The van der Waals surface area contributed by atoms with Crippen molar-refractivity contribution in [3.8, 4) is 6.07 Å². The molecule has 1 aromatic carbocycles. The number of nitrogens with two attached hydrogens (primary N) is 1. The van der Waals surface area contributed by atoms with E-state index in [4.69, 9.17) is 16.1 Å². The summed E-state index contributed by atoms with van der Waals surface area (Å²) < 4.78 is 0. The lowest BCUT2D eigenvalue weighted by molar-refractivity contribution is 0.0696. The van der Waals surface area contributed by atoms with Crippen LogP contribution in [0.15, 0.2) is 12.1 Å². The van der Waals surface area contributed by atoms with Crippen LogP contribution < -0.4 is 5.73 Å². The van der Waals surface area contributed by atoms with Crippen molar-refractivity contribution >= 4 is 5.97 Å². The average Bonchev–Trinajstić information content (AvgIpc) is 2.17. The van der Waals surface area contributed by atoms with E-state index in [9.17, 15) is 4.79 Å². The first-order valence-corrected chi connectivity index (χ1v) is 4.07. The third kappa shape index (κ3) is 1.73. The molecule has 0 saturated heterocycles. The summed E-state index contributed by atoms with van der Waals surface area (Å²) in [5, 5.41) is 17.5. The molecule has 0 spiro atoms. The van der Waals surface area contributed by atoms with Crippen molar-refractivity contribution in [2.24, 2.45) is 5.73 Å². The highest BCUT2D eigenvalue weighted by Crippen LogP contribution is 2.16. The molecular formula is C10H10N2O2. The number of hydrogen-bond donors (Lipinski definition) is 2. The van der Waals surface area contributed by atoms with E-state index in [-0.39, 0.29) is 12.1 Å². The molecule has 0 saturated carbocycles. The third-order valence-electron chi connectivity index (χ3n) is 2.10. The number of carbonyl (C=O) groups is 1. The molecule has 4 heteroatoms. The summed E-state index contributed by atoms with van der Waals surface area (Å²) in [6, 6.07) is 4.80. The minimum absolute atomic E-state index is 0.104. The average molecular weight is 190 g/mol. The zero-order chi connectivity index (χ0) is 10.7. The molecule has 0 aliphatic heterocycles. The molecule has 14 heavy (non-hydrogen) atoms. The Morgan fingerprint density at radius 3 is 2.71 bits per heavy atom. The maximum Gasteiger partial charge on any atom is 0.335 e. The highest BCUT2D eigenvalue weighted by molar-refractivity contribution is 5.88. The molecule has 4 nitrogen and oxygen atoms in total. The number of hydrogen-bond acceptors (Lipinski definition) is 3. The summed E-state index contributed by atoms with van der Waals surface area (Å²) in [6.07, 6.45) is 0. The van der Waals surface area contributed by atoms with Crippen LogP contribution in [0.25, 0.3) is 0 Å². The summed E-state index contributed by atoms with van der Waals surface area (Å²) in [6.45, 7) is 1.99. The van der Waals surface area contributed by atoms with Crippen LogP contribution >= 0.6 is 0 Å². The van der Waals surface area contributed by atoms with E-state index in [2.05, 4.69) is 0 Å². The van der Waals surface area contributed by atoms with Gasteiger partial charge in [-0.05, 0) is 30.2 Å². The number of nitrogens with zero attached hydrogens (tertiary/aromatic N) is 1. The monoisotopic (exact) mass is 190 g/mol. The number of nitriles is 1. The van der Waals surface area contributed by atoms with Crippen LogP contribution in [-0.4, -0.2) is 11.1 Å². The number of carboxylic acids is 1.